The normalized spacial score (nSPS) is 15.9. The van der Waals surface area contributed by atoms with Crippen LogP contribution >= 0.6 is 11.8 Å². The van der Waals surface area contributed by atoms with Crippen molar-refractivity contribution in [2.45, 2.75) is 24.0 Å². The lowest BCUT2D eigenvalue weighted by Gasteiger charge is -2.22. The third-order valence-electron chi connectivity index (χ3n) is 5.55. The van der Waals surface area contributed by atoms with Gasteiger partial charge in [-0.25, -0.2) is 4.99 Å². The predicted molar refractivity (Wildman–Crippen MR) is 139 cm³/mol. The fourth-order valence-electron chi connectivity index (χ4n) is 3.72. The number of rotatable bonds is 7. The summed E-state index contributed by atoms with van der Waals surface area (Å²) in [5.74, 6) is -0.947. The number of aliphatic imine (C=N–C) groups is 1. The molecular weight excluding hydrogens is 460 g/mol. The van der Waals surface area contributed by atoms with Crippen molar-refractivity contribution < 1.29 is 14.4 Å². The maximum absolute atomic E-state index is 13.2. The van der Waals surface area contributed by atoms with E-state index < -0.39 is 18.1 Å². The Hall–Kier alpha value is -3.91. The van der Waals surface area contributed by atoms with Crippen molar-refractivity contribution in [2.75, 3.05) is 17.7 Å². The Morgan fingerprint density at radius 1 is 0.971 bits per heavy atom. The summed E-state index contributed by atoms with van der Waals surface area (Å²) >= 11 is 1.39. The number of anilines is 1. The van der Waals surface area contributed by atoms with Crippen LogP contribution in [0.3, 0.4) is 0 Å². The van der Waals surface area contributed by atoms with Crippen molar-refractivity contribution in [3.05, 3.63) is 96.1 Å². The lowest BCUT2D eigenvalue weighted by molar-refractivity contribution is -0.130. The van der Waals surface area contributed by atoms with E-state index in [1.54, 1.807) is 14.0 Å². The first-order chi connectivity index (χ1) is 16.9. The van der Waals surface area contributed by atoms with Gasteiger partial charge in [0.1, 0.15) is 6.04 Å². The van der Waals surface area contributed by atoms with Crippen LogP contribution in [0.2, 0.25) is 0 Å². The molecule has 0 saturated carbocycles. The van der Waals surface area contributed by atoms with Crippen LogP contribution < -0.4 is 15.5 Å². The quantitative estimate of drug-likeness (QED) is 0.502. The molecule has 0 fully saturated rings. The lowest BCUT2D eigenvalue weighted by atomic mass is 10.0. The molecule has 1 heterocycles. The van der Waals surface area contributed by atoms with Gasteiger partial charge in [0.2, 0.25) is 18.0 Å². The number of carbonyl (C=O) groups is 3. The minimum absolute atomic E-state index is 0.179. The Balaban J connectivity index is 1.49. The van der Waals surface area contributed by atoms with E-state index in [-0.39, 0.29) is 17.6 Å². The van der Waals surface area contributed by atoms with Crippen LogP contribution in [0, 0.1) is 0 Å². The minimum atomic E-state index is -1.13. The zero-order valence-corrected chi connectivity index (χ0v) is 20.3. The molecule has 3 aromatic carbocycles. The van der Waals surface area contributed by atoms with Crippen molar-refractivity contribution in [1.82, 2.24) is 10.6 Å². The number of fused-ring (bicyclic) bond motifs is 1. The maximum Gasteiger partial charge on any atom is 0.272 e. The molecule has 1 aliphatic heterocycles. The second kappa shape index (κ2) is 11.0. The van der Waals surface area contributed by atoms with E-state index in [0.717, 1.165) is 16.0 Å². The average molecular weight is 487 g/mol. The molecule has 178 valence electrons. The molecule has 0 spiro atoms. The van der Waals surface area contributed by atoms with Gasteiger partial charge in [-0.15, -0.1) is 11.8 Å². The number of hydrogen-bond acceptors (Lipinski definition) is 5. The number of thioether (sulfide) groups is 1. The number of likely N-dealkylation sites (N-methyl/N-ethyl adjacent to an activating group) is 1. The molecule has 2 N–H and O–H groups in total. The molecule has 7 nitrogen and oxygen atoms in total. The molecule has 35 heavy (non-hydrogen) atoms. The minimum Gasteiger partial charge on any atom is -0.344 e. The van der Waals surface area contributed by atoms with Crippen LogP contribution in [0.25, 0.3) is 0 Å². The second-order valence-electron chi connectivity index (χ2n) is 8.06. The topological polar surface area (TPSA) is 90.9 Å². The molecule has 1 aliphatic rings. The number of nitrogens with zero attached hydrogens (tertiary/aromatic N) is 2. The molecule has 3 aromatic rings. The van der Waals surface area contributed by atoms with Crippen LogP contribution in [0.4, 0.5) is 5.69 Å². The van der Waals surface area contributed by atoms with Gasteiger partial charge in [0.25, 0.3) is 5.91 Å². The first kappa shape index (κ1) is 24.2. The van der Waals surface area contributed by atoms with Gasteiger partial charge in [-0.05, 0) is 25.1 Å². The monoisotopic (exact) mass is 486 g/mol. The van der Waals surface area contributed by atoms with E-state index in [0.29, 0.717) is 11.4 Å². The van der Waals surface area contributed by atoms with Crippen molar-refractivity contribution >= 4 is 40.9 Å². The third-order valence-corrected chi connectivity index (χ3v) is 6.57. The standard InChI is InChI=1S/C27H26N4O3S/c1-18(28-23(32)17-35-20-13-7-4-8-14-20)26(33)30-25-27(34)31(2)22-16-10-9-15-21(22)24(29-25)19-11-5-3-6-12-19/h3-16,18,25H,17H2,1-2H3,(H,28,32)(H,30,33)/t18-,25+/m0/s1. The summed E-state index contributed by atoms with van der Waals surface area (Å²) in [6, 6.07) is 25.7. The van der Waals surface area contributed by atoms with E-state index >= 15 is 0 Å². The predicted octanol–water partition coefficient (Wildman–Crippen LogP) is 3.24. The molecule has 0 unspecified atom stereocenters. The number of amides is 3. The van der Waals surface area contributed by atoms with E-state index in [2.05, 4.69) is 15.6 Å². The number of hydrogen-bond donors (Lipinski definition) is 2. The van der Waals surface area contributed by atoms with Crippen molar-refractivity contribution in [3.63, 3.8) is 0 Å². The largest absolute Gasteiger partial charge is 0.344 e. The highest BCUT2D eigenvalue weighted by Gasteiger charge is 2.32. The van der Waals surface area contributed by atoms with Crippen LogP contribution in [0.1, 0.15) is 18.1 Å². The van der Waals surface area contributed by atoms with Gasteiger partial charge in [0, 0.05) is 23.1 Å². The first-order valence-corrected chi connectivity index (χ1v) is 12.2. The zero-order chi connectivity index (χ0) is 24.8. The lowest BCUT2D eigenvalue weighted by Crippen LogP contribution is -2.52. The number of para-hydroxylation sites is 1. The number of nitrogens with one attached hydrogen (secondary N) is 2. The maximum atomic E-state index is 13.2. The summed E-state index contributed by atoms with van der Waals surface area (Å²) in [7, 11) is 1.66. The van der Waals surface area contributed by atoms with Crippen molar-refractivity contribution in [2.24, 2.45) is 4.99 Å². The van der Waals surface area contributed by atoms with Gasteiger partial charge in [-0.2, -0.15) is 0 Å². The number of benzodiazepines with no additional fused rings is 1. The highest BCUT2D eigenvalue weighted by Crippen LogP contribution is 2.27. The Morgan fingerprint density at radius 3 is 2.31 bits per heavy atom. The fourth-order valence-corrected chi connectivity index (χ4v) is 4.45. The van der Waals surface area contributed by atoms with Crippen LogP contribution in [0.15, 0.2) is 94.8 Å². The molecule has 0 saturated heterocycles. The molecule has 0 aliphatic carbocycles. The number of benzene rings is 3. The molecule has 0 aromatic heterocycles. The van der Waals surface area contributed by atoms with Gasteiger partial charge in [-0.3, -0.25) is 14.4 Å². The fraction of sp³-hybridized carbons (Fsp3) is 0.185. The Morgan fingerprint density at radius 2 is 1.60 bits per heavy atom. The molecule has 0 bridgehead atoms. The summed E-state index contributed by atoms with van der Waals surface area (Å²) in [6.07, 6.45) is -1.13. The van der Waals surface area contributed by atoms with Gasteiger partial charge >= 0.3 is 0 Å². The van der Waals surface area contributed by atoms with Crippen LogP contribution in [-0.2, 0) is 14.4 Å². The van der Waals surface area contributed by atoms with E-state index in [1.807, 2.05) is 84.9 Å². The number of carbonyl (C=O) groups excluding carboxylic acids is 3. The molecule has 2 atom stereocenters. The molecule has 3 amide bonds. The van der Waals surface area contributed by atoms with Gasteiger partial charge in [-0.1, -0.05) is 66.7 Å². The van der Waals surface area contributed by atoms with Crippen molar-refractivity contribution in [3.8, 4) is 0 Å². The Kier molecular flexibility index (Phi) is 7.62. The van der Waals surface area contributed by atoms with Crippen LogP contribution in [0.5, 0.6) is 0 Å². The first-order valence-electron chi connectivity index (χ1n) is 11.2. The SMILES string of the molecule is C[C@H](NC(=O)CSc1ccccc1)C(=O)N[C@H]1N=C(c2ccccc2)c2ccccc2N(C)C1=O. The summed E-state index contributed by atoms with van der Waals surface area (Å²) in [6.45, 7) is 1.59. The van der Waals surface area contributed by atoms with Crippen LogP contribution in [-0.4, -0.2) is 48.4 Å². The van der Waals surface area contributed by atoms with Gasteiger partial charge in [0.05, 0.1) is 17.2 Å². The van der Waals surface area contributed by atoms with Gasteiger partial charge < -0.3 is 15.5 Å². The summed E-state index contributed by atoms with van der Waals surface area (Å²) in [5.41, 5.74) is 2.95. The Bertz CT molecular complexity index is 1250. The van der Waals surface area contributed by atoms with Crippen molar-refractivity contribution in [1.29, 1.82) is 0 Å². The highest BCUT2D eigenvalue weighted by atomic mass is 32.2. The summed E-state index contributed by atoms with van der Waals surface area (Å²) in [4.78, 5) is 45.7. The molecular formula is C27H26N4O3S. The highest BCUT2D eigenvalue weighted by molar-refractivity contribution is 8.00. The smallest absolute Gasteiger partial charge is 0.272 e. The third kappa shape index (κ3) is 5.78. The Labute approximate surface area is 208 Å². The average Bonchev–Trinajstić information content (AvgIpc) is 2.99. The molecule has 8 heteroatoms. The van der Waals surface area contributed by atoms with E-state index in [4.69, 9.17) is 0 Å². The summed E-state index contributed by atoms with van der Waals surface area (Å²) in [5, 5.41) is 5.41. The molecule has 0 radical (unpaired) electrons. The van der Waals surface area contributed by atoms with E-state index in [1.165, 1.54) is 16.7 Å². The van der Waals surface area contributed by atoms with Gasteiger partial charge in [0.15, 0.2) is 0 Å². The summed E-state index contributed by atoms with van der Waals surface area (Å²) < 4.78 is 0. The molecule has 4 rings (SSSR count). The van der Waals surface area contributed by atoms with E-state index in [9.17, 15) is 14.4 Å². The second-order valence-corrected chi connectivity index (χ2v) is 9.11. The zero-order valence-electron chi connectivity index (χ0n) is 19.5.